The SMILES string of the molecule is COc1cc(/C=C/COCC[N+](C)(CCOC/C=C/c2cc(OC)c(O)c(OC)c2)CCOC/C=C/c2cc(OC)c(O)c(OC)c2)cc(OC)c1O.[Cl-]. The first-order chi connectivity index (χ1) is 25.6. The van der Waals surface area contributed by atoms with Gasteiger partial charge in [-0.15, -0.1) is 0 Å². The van der Waals surface area contributed by atoms with Crippen molar-refractivity contribution in [2.45, 2.75) is 0 Å². The van der Waals surface area contributed by atoms with Gasteiger partial charge in [0.25, 0.3) is 0 Å². The van der Waals surface area contributed by atoms with Gasteiger partial charge in [0.1, 0.15) is 19.6 Å². The van der Waals surface area contributed by atoms with Crippen LogP contribution in [0, 0.1) is 0 Å². The van der Waals surface area contributed by atoms with Gasteiger partial charge in [-0.25, -0.2) is 0 Å². The van der Waals surface area contributed by atoms with Crippen molar-refractivity contribution in [1.82, 2.24) is 0 Å². The smallest absolute Gasteiger partial charge is 0.200 e. The maximum absolute atomic E-state index is 10.2. The second-order valence-electron chi connectivity index (χ2n) is 12.0. The van der Waals surface area contributed by atoms with Crippen LogP contribution < -0.4 is 40.8 Å². The molecule has 0 fully saturated rings. The van der Waals surface area contributed by atoms with Crippen LogP contribution in [-0.2, 0) is 14.2 Å². The number of benzene rings is 3. The van der Waals surface area contributed by atoms with Gasteiger partial charge in [0.2, 0.25) is 17.2 Å². The molecule has 0 saturated carbocycles. The minimum atomic E-state index is -0.0437. The molecule has 0 saturated heterocycles. The number of phenolic OH excluding ortho intramolecular Hbond substituents is 3. The Hall–Kier alpha value is -4.79. The first-order valence-corrected chi connectivity index (χ1v) is 17.0. The third-order valence-corrected chi connectivity index (χ3v) is 8.41. The second kappa shape index (κ2) is 23.8. The summed E-state index contributed by atoms with van der Waals surface area (Å²) >= 11 is 0. The molecule has 0 amide bonds. The average molecular weight is 776 g/mol. The fourth-order valence-corrected chi connectivity index (χ4v) is 5.23. The highest BCUT2D eigenvalue weighted by Gasteiger charge is 2.21. The molecule has 54 heavy (non-hydrogen) atoms. The summed E-state index contributed by atoms with van der Waals surface area (Å²) in [5.74, 6) is 1.84. The zero-order valence-corrected chi connectivity index (χ0v) is 32.9. The summed E-state index contributed by atoms with van der Waals surface area (Å²) in [5, 5.41) is 30.5. The van der Waals surface area contributed by atoms with Gasteiger partial charge in [-0.3, -0.25) is 0 Å². The molecule has 0 atom stereocenters. The van der Waals surface area contributed by atoms with E-state index in [1.165, 1.54) is 42.7 Å². The van der Waals surface area contributed by atoms with Gasteiger partial charge in [0.15, 0.2) is 34.5 Å². The van der Waals surface area contributed by atoms with Crippen molar-refractivity contribution in [3.05, 3.63) is 71.3 Å². The lowest BCUT2D eigenvalue weighted by atomic mass is 10.1. The number of hydrogen-bond donors (Lipinski definition) is 3. The molecule has 298 valence electrons. The van der Waals surface area contributed by atoms with Gasteiger partial charge in [-0.2, -0.15) is 0 Å². The molecule has 0 aliphatic heterocycles. The highest BCUT2D eigenvalue weighted by molar-refractivity contribution is 5.63. The molecule has 14 heteroatoms. The monoisotopic (exact) mass is 775 g/mol. The van der Waals surface area contributed by atoms with Crippen LogP contribution in [0.3, 0.4) is 0 Å². The zero-order valence-electron chi connectivity index (χ0n) is 32.1. The minimum Gasteiger partial charge on any atom is -1.00 e. The van der Waals surface area contributed by atoms with E-state index in [1.807, 2.05) is 36.5 Å². The zero-order chi connectivity index (χ0) is 38.6. The third kappa shape index (κ3) is 13.9. The predicted octanol–water partition coefficient (Wildman–Crippen LogP) is 2.80. The fraction of sp³-hybridized carbons (Fsp3) is 0.400. The third-order valence-electron chi connectivity index (χ3n) is 8.41. The average Bonchev–Trinajstić information content (AvgIpc) is 3.17. The molecule has 0 bridgehead atoms. The highest BCUT2D eigenvalue weighted by Crippen LogP contribution is 2.39. The standard InChI is InChI=1S/C40H53NO12.ClH/c1-41(14-20-51-17-8-11-29-23-32(45-2)38(42)33(24-29)46-3,15-21-52-18-9-12-30-25-34(47-4)39(43)35(26-30)48-5)16-22-53-19-10-13-31-27-36(49-6)40(44)37(28-31)50-7;/h8-13,23-28H,14-22H2,1-7H3,(H2-,42,43,44);1H/b11-8+,12-9+,13-10+;. The Morgan fingerprint density at radius 2 is 0.667 bits per heavy atom. The van der Waals surface area contributed by atoms with Gasteiger partial charge >= 0.3 is 0 Å². The Morgan fingerprint density at radius 1 is 0.444 bits per heavy atom. The van der Waals surface area contributed by atoms with E-state index in [0.717, 1.165) is 36.3 Å². The quantitative estimate of drug-likeness (QED) is 0.0910. The summed E-state index contributed by atoms with van der Waals surface area (Å²) in [6.45, 7) is 4.91. The van der Waals surface area contributed by atoms with Crippen molar-refractivity contribution < 1.29 is 74.8 Å². The van der Waals surface area contributed by atoms with Gasteiger partial charge in [0.05, 0.1) is 89.3 Å². The van der Waals surface area contributed by atoms with Gasteiger partial charge < -0.3 is 74.8 Å². The Labute approximate surface area is 324 Å². The number of likely N-dealkylation sites (N-methyl/N-ethyl adjacent to an activating group) is 1. The van der Waals surface area contributed by atoms with Crippen LogP contribution in [-0.4, -0.2) is 129 Å². The summed E-state index contributed by atoms with van der Waals surface area (Å²) in [4.78, 5) is 0. The topological polar surface area (TPSA) is 144 Å². The van der Waals surface area contributed by atoms with Crippen molar-refractivity contribution in [1.29, 1.82) is 0 Å². The summed E-state index contributed by atoms with van der Waals surface area (Å²) in [6, 6.07) is 10.4. The van der Waals surface area contributed by atoms with Crippen molar-refractivity contribution in [3.63, 3.8) is 0 Å². The number of nitrogens with zero attached hydrogens (tertiary/aromatic N) is 1. The summed E-state index contributed by atoms with van der Waals surface area (Å²) in [6.07, 6.45) is 11.4. The van der Waals surface area contributed by atoms with Gasteiger partial charge in [0, 0.05) is 0 Å². The van der Waals surface area contributed by atoms with Crippen molar-refractivity contribution in [2.75, 3.05) is 109 Å². The Balaban J connectivity index is 0.0000101. The van der Waals surface area contributed by atoms with E-state index in [2.05, 4.69) is 7.05 Å². The second-order valence-corrected chi connectivity index (χ2v) is 12.0. The molecule has 0 unspecified atom stereocenters. The Kier molecular flexibility index (Phi) is 20.0. The molecule has 3 N–H and O–H groups in total. The van der Waals surface area contributed by atoms with Crippen LogP contribution in [0.5, 0.6) is 51.7 Å². The first kappa shape index (κ1) is 45.4. The van der Waals surface area contributed by atoms with E-state index in [-0.39, 0.29) is 29.7 Å². The van der Waals surface area contributed by atoms with E-state index in [9.17, 15) is 15.3 Å². The van der Waals surface area contributed by atoms with Crippen LogP contribution in [0.1, 0.15) is 16.7 Å². The fourth-order valence-electron chi connectivity index (χ4n) is 5.23. The molecule has 0 aliphatic carbocycles. The number of quaternary nitrogens is 1. The normalized spacial score (nSPS) is 11.6. The Morgan fingerprint density at radius 3 is 0.870 bits per heavy atom. The minimum absolute atomic E-state index is 0. The van der Waals surface area contributed by atoms with E-state index < -0.39 is 0 Å². The van der Waals surface area contributed by atoms with Crippen molar-refractivity contribution >= 4 is 18.2 Å². The number of halogens is 1. The maximum atomic E-state index is 10.2. The van der Waals surface area contributed by atoms with Crippen LogP contribution in [0.2, 0.25) is 0 Å². The van der Waals surface area contributed by atoms with Crippen LogP contribution >= 0.6 is 0 Å². The predicted molar refractivity (Wildman–Crippen MR) is 204 cm³/mol. The van der Waals surface area contributed by atoms with Crippen molar-refractivity contribution in [2.24, 2.45) is 0 Å². The van der Waals surface area contributed by atoms with E-state index in [0.29, 0.717) is 78.6 Å². The molecule has 3 aromatic carbocycles. The number of hydrogen-bond acceptors (Lipinski definition) is 12. The van der Waals surface area contributed by atoms with Gasteiger partial charge in [-0.05, 0) is 53.1 Å². The lowest BCUT2D eigenvalue weighted by Crippen LogP contribution is -3.00. The molecule has 0 radical (unpaired) electrons. The summed E-state index contributed by atoms with van der Waals surface area (Å²) in [5.41, 5.74) is 2.43. The van der Waals surface area contributed by atoms with E-state index in [4.69, 9.17) is 42.6 Å². The molecule has 0 aromatic heterocycles. The molecule has 3 aromatic rings. The lowest BCUT2D eigenvalue weighted by molar-refractivity contribution is -0.910. The summed E-state index contributed by atoms with van der Waals surface area (Å²) < 4.78 is 50.0. The Bertz CT molecular complexity index is 1410. The molecular weight excluding hydrogens is 722 g/mol. The molecule has 13 nitrogen and oxygen atoms in total. The van der Waals surface area contributed by atoms with Crippen LogP contribution in [0.25, 0.3) is 18.2 Å². The van der Waals surface area contributed by atoms with Crippen LogP contribution in [0.4, 0.5) is 0 Å². The molecule has 0 heterocycles. The highest BCUT2D eigenvalue weighted by atomic mass is 35.5. The van der Waals surface area contributed by atoms with Crippen molar-refractivity contribution in [3.8, 4) is 51.7 Å². The maximum Gasteiger partial charge on any atom is 0.200 e. The number of rotatable bonds is 24. The molecular formula is C40H54ClNO12. The van der Waals surface area contributed by atoms with Crippen LogP contribution in [0.15, 0.2) is 54.6 Å². The molecule has 0 spiro atoms. The number of ether oxygens (including phenoxy) is 9. The van der Waals surface area contributed by atoms with Gasteiger partial charge in [-0.1, -0.05) is 36.5 Å². The first-order valence-electron chi connectivity index (χ1n) is 17.0. The molecule has 3 rings (SSSR count). The van der Waals surface area contributed by atoms with E-state index >= 15 is 0 Å². The number of methoxy groups -OCH3 is 6. The lowest BCUT2D eigenvalue weighted by Gasteiger charge is -2.34. The molecule has 0 aliphatic rings. The number of phenols is 3. The van der Waals surface area contributed by atoms with E-state index in [1.54, 1.807) is 36.4 Å². The largest absolute Gasteiger partial charge is 1.00 e. The summed E-state index contributed by atoms with van der Waals surface area (Å²) in [7, 11) is 11.1. The number of aromatic hydroxyl groups is 3.